The van der Waals surface area contributed by atoms with E-state index in [1.165, 1.54) is 5.56 Å². The topological polar surface area (TPSA) is 49.8 Å². The average Bonchev–Trinajstić information content (AvgIpc) is 2.76. The summed E-state index contributed by atoms with van der Waals surface area (Å²) >= 11 is 0. The highest BCUT2D eigenvalue weighted by Gasteiger charge is 2.24. The molecule has 4 nitrogen and oxygen atoms in total. The molecule has 1 atom stereocenters. The Kier molecular flexibility index (Phi) is 4.43. The van der Waals surface area contributed by atoms with Crippen LogP contribution in [0, 0.1) is 12.8 Å². The number of hydrogen-bond acceptors (Lipinski definition) is 3. The molecule has 0 bridgehead atoms. The lowest BCUT2D eigenvalue weighted by Gasteiger charge is -2.16. The number of hydrogen-bond donors (Lipinski definition) is 1. The molecule has 1 unspecified atom stereocenters. The maximum atomic E-state index is 10.7. The summed E-state index contributed by atoms with van der Waals surface area (Å²) in [6, 6.07) is 6.22. The van der Waals surface area contributed by atoms with Crippen LogP contribution >= 0.6 is 0 Å². The van der Waals surface area contributed by atoms with E-state index in [1.807, 2.05) is 13.0 Å². The van der Waals surface area contributed by atoms with Crippen LogP contribution in [0.25, 0.3) is 0 Å². The molecule has 19 heavy (non-hydrogen) atoms. The quantitative estimate of drug-likeness (QED) is 0.885. The van der Waals surface area contributed by atoms with Gasteiger partial charge in [-0.2, -0.15) is 0 Å². The number of ether oxygens (including phenoxy) is 1. The van der Waals surface area contributed by atoms with Crippen LogP contribution < -0.4 is 4.74 Å². The van der Waals surface area contributed by atoms with E-state index in [9.17, 15) is 4.79 Å². The lowest BCUT2D eigenvalue weighted by Crippen LogP contribution is -2.20. The monoisotopic (exact) mass is 263 g/mol. The Morgan fingerprint density at radius 2 is 2.32 bits per heavy atom. The molecule has 1 N–H and O–H groups in total. The van der Waals surface area contributed by atoms with E-state index in [1.54, 1.807) is 7.11 Å². The molecule has 4 heteroatoms. The second kappa shape index (κ2) is 6.06. The predicted molar refractivity (Wildman–Crippen MR) is 73.4 cm³/mol. The zero-order valence-electron chi connectivity index (χ0n) is 11.6. The van der Waals surface area contributed by atoms with Gasteiger partial charge >= 0.3 is 5.97 Å². The summed E-state index contributed by atoms with van der Waals surface area (Å²) in [5.41, 5.74) is 2.40. The number of nitrogens with zero attached hydrogens (tertiary/aromatic N) is 1. The third-order valence-corrected chi connectivity index (χ3v) is 3.70. The van der Waals surface area contributed by atoms with Crippen molar-refractivity contribution in [2.45, 2.75) is 26.3 Å². The Balaban J connectivity index is 1.92. The lowest BCUT2D eigenvalue weighted by molar-refractivity contribution is -0.138. The van der Waals surface area contributed by atoms with Gasteiger partial charge in [0, 0.05) is 19.5 Å². The van der Waals surface area contributed by atoms with Gasteiger partial charge in [-0.05, 0) is 43.0 Å². The van der Waals surface area contributed by atoms with Gasteiger partial charge in [-0.15, -0.1) is 0 Å². The van der Waals surface area contributed by atoms with E-state index in [0.717, 1.165) is 37.4 Å². The summed E-state index contributed by atoms with van der Waals surface area (Å²) in [6.07, 6.45) is 1.28. The highest BCUT2D eigenvalue weighted by atomic mass is 16.5. The standard InChI is InChI=1S/C15H21NO3/c1-11-7-12(3-4-14(11)19-2)9-16-6-5-13(10-16)8-15(17)18/h3-4,7,13H,5-6,8-10H2,1-2H3,(H,17,18). The van der Waals surface area contributed by atoms with Gasteiger partial charge in [-0.25, -0.2) is 0 Å². The molecule has 0 radical (unpaired) electrons. The van der Waals surface area contributed by atoms with Gasteiger partial charge in [0.05, 0.1) is 7.11 Å². The maximum Gasteiger partial charge on any atom is 0.303 e. The Morgan fingerprint density at radius 1 is 1.53 bits per heavy atom. The molecule has 0 amide bonds. The SMILES string of the molecule is COc1ccc(CN2CCC(CC(=O)O)C2)cc1C. The molecule has 0 spiro atoms. The minimum Gasteiger partial charge on any atom is -0.496 e. The maximum absolute atomic E-state index is 10.7. The Labute approximate surface area is 114 Å². The molecule has 1 aromatic rings. The second-order valence-corrected chi connectivity index (χ2v) is 5.29. The van der Waals surface area contributed by atoms with Crippen molar-refractivity contribution in [2.24, 2.45) is 5.92 Å². The largest absolute Gasteiger partial charge is 0.496 e. The molecule has 1 aromatic carbocycles. The van der Waals surface area contributed by atoms with Crippen molar-refractivity contribution in [1.29, 1.82) is 0 Å². The van der Waals surface area contributed by atoms with Crippen molar-refractivity contribution in [3.63, 3.8) is 0 Å². The molecule has 104 valence electrons. The zero-order valence-corrected chi connectivity index (χ0v) is 11.6. The first-order valence-electron chi connectivity index (χ1n) is 6.66. The third-order valence-electron chi connectivity index (χ3n) is 3.70. The second-order valence-electron chi connectivity index (χ2n) is 5.29. The van der Waals surface area contributed by atoms with E-state index in [2.05, 4.69) is 17.0 Å². The number of aliphatic carboxylic acids is 1. The predicted octanol–water partition coefficient (Wildman–Crippen LogP) is 2.30. The summed E-state index contributed by atoms with van der Waals surface area (Å²) in [7, 11) is 1.68. The number of benzene rings is 1. The van der Waals surface area contributed by atoms with Crippen LogP contribution in [0.15, 0.2) is 18.2 Å². The summed E-state index contributed by atoms with van der Waals surface area (Å²) < 4.78 is 5.25. The number of carboxylic acid groups (broad SMARTS) is 1. The van der Waals surface area contributed by atoms with E-state index >= 15 is 0 Å². The van der Waals surface area contributed by atoms with Gasteiger partial charge in [0.15, 0.2) is 0 Å². The van der Waals surface area contributed by atoms with Gasteiger partial charge in [-0.1, -0.05) is 12.1 Å². The number of methoxy groups -OCH3 is 1. The molecule has 1 fully saturated rings. The van der Waals surface area contributed by atoms with E-state index < -0.39 is 5.97 Å². The van der Waals surface area contributed by atoms with Crippen molar-refractivity contribution in [1.82, 2.24) is 4.90 Å². The first-order valence-corrected chi connectivity index (χ1v) is 6.66. The van der Waals surface area contributed by atoms with E-state index in [-0.39, 0.29) is 6.42 Å². The summed E-state index contributed by atoms with van der Waals surface area (Å²) in [5, 5.41) is 8.81. The minimum absolute atomic E-state index is 0.290. The number of carbonyl (C=O) groups is 1. The van der Waals surface area contributed by atoms with Crippen molar-refractivity contribution >= 4 is 5.97 Å². The summed E-state index contributed by atoms with van der Waals surface area (Å²) in [6.45, 7) is 4.81. The number of carboxylic acids is 1. The summed E-state index contributed by atoms with van der Waals surface area (Å²) in [4.78, 5) is 13.0. The lowest BCUT2D eigenvalue weighted by atomic mass is 10.1. The van der Waals surface area contributed by atoms with Crippen LogP contribution in [-0.2, 0) is 11.3 Å². The van der Waals surface area contributed by atoms with Crippen molar-refractivity contribution in [3.8, 4) is 5.75 Å². The van der Waals surface area contributed by atoms with Crippen molar-refractivity contribution in [3.05, 3.63) is 29.3 Å². The van der Waals surface area contributed by atoms with Gasteiger partial charge in [0.25, 0.3) is 0 Å². The molecular weight excluding hydrogens is 242 g/mol. The molecule has 1 heterocycles. The zero-order chi connectivity index (χ0) is 13.8. The van der Waals surface area contributed by atoms with Gasteiger partial charge in [-0.3, -0.25) is 9.69 Å². The molecule has 1 saturated heterocycles. The Morgan fingerprint density at radius 3 is 2.95 bits per heavy atom. The van der Waals surface area contributed by atoms with Crippen molar-refractivity contribution < 1.29 is 14.6 Å². The van der Waals surface area contributed by atoms with Crippen LogP contribution in [0.2, 0.25) is 0 Å². The molecule has 0 saturated carbocycles. The molecule has 1 aliphatic rings. The highest BCUT2D eigenvalue weighted by molar-refractivity contribution is 5.67. The first kappa shape index (κ1) is 13.9. The Hall–Kier alpha value is -1.55. The molecule has 0 aromatic heterocycles. The van der Waals surface area contributed by atoms with E-state index in [4.69, 9.17) is 9.84 Å². The summed E-state index contributed by atoms with van der Waals surface area (Å²) in [5.74, 6) is 0.526. The van der Waals surface area contributed by atoms with Crippen LogP contribution in [0.3, 0.4) is 0 Å². The van der Waals surface area contributed by atoms with E-state index in [0.29, 0.717) is 5.92 Å². The number of likely N-dealkylation sites (tertiary alicyclic amines) is 1. The molecular formula is C15H21NO3. The molecule has 1 aliphatic heterocycles. The normalized spacial score (nSPS) is 19.6. The van der Waals surface area contributed by atoms with Crippen LogP contribution in [-0.4, -0.2) is 36.2 Å². The molecule has 2 rings (SSSR count). The third kappa shape index (κ3) is 3.70. The molecule has 0 aliphatic carbocycles. The average molecular weight is 263 g/mol. The van der Waals surface area contributed by atoms with Gasteiger partial charge in [0.2, 0.25) is 0 Å². The number of rotatable bonds is 5. The Bertz CT molecular complexity index is 459. The van der Waals surface area contributed by atoms with Crippen LogP contribution in [0.5, 0.6) is 5.75 Å². The fourth-order valence-electron chi connectivity index (χ4n) is 2.77. The fourth-order valence-corrected chi connectivity index (χ4v) is 2.77. The minimum atomic E-state index is -0.688. The first-order chi connectivity index (χ1) is 9.08. The van der Waals surface area contributed by atoms with Gasteiger partial charge in [0.1, 0.15) is 5.75 Å². The fraction of sp³-hybridized carbons (Fsp3) is 0.533. The highest BCUT2D eigenvalue weighted by Crippen LogP contribution is 2.23. The van der Waals surface area contributed by atoms with Gasteiger partial charge < -0.3 is 9.84 Å². The van der Waals surface area contributed by atoms with Crippen LogP contribution in [0.4, 0.5) is 0 Å². The van der Waals surface area contributed by atoms with Crippen LogP contribution in [0.1, 0.15) is 24.0 Å². The smallest absolute Gasteiger partial charge is 0.303 e. The van der Waals surface area contributed by atoms with Crippen molar-refractivity contribution in [2.75, 3.05) is 20.2 Å². The number of aryl methyl sites for hydroxylation is 1.